The van der Waals surface area contributed by atoms with E-state index in [2.05, 4.69) is 10.3 Å². The highest BCUT2D eigenvalue weighted by molar-refractivity contribution is 7.62. The molecule has 4 rings (SSSR count). The Balaban J connectivity index is 1.68. The van der Waals surface area contributed by atoms with E-state index in [1.807, 2.05) is 6.07 Å². The third-order valence-corrected chi connectivity index (χ3v) is 6.33. The summed E-state index contributed by atoms with van der Waals surface area (Å²) in [6.07, 6.45) is 0. The van der Waals surface area contributed by atoms with Crippen molar-refractivity contribution in [3.63, 3.8) is 0 Å². The molecule has 0 fully saturated rings. The lowest BCUT2D eigenvalue weighted by molar-refractivity contribution is -0.384. The molecule has 0 amide bonds. The van der Waals surface area contributed by atoms with E-state index in [0.717, 1.165) is 5.56 Å². The van der Waals surface area contributed by atoms with Crippen LogP contribution < -0.4 is 20.2 Å². The average Bonchev–Trinajstić information content (AvgIpc) is 3.44. The lowest BCUT2D eigenvalue weighted by Gasteiger charge is -2.12. The minimum Gasteiger partial charge on any atom is -0.454 e. The first-order valence-corrected chi connectivity index (χ1v) is 10.6. The molecule has 12 heteroatoms. The first kappa shape index (κ1) is 20.9. The number of hydrogen-bond acceptors (Lipinski definition) is 10. The van der Waals surface area contributed by atoms with E-state index in [4.69, 9.17) is 22.9 Å². The second-order valence-corrected chi connectivity index (χ2v) is 8.53. The zero-order valence-corrected chi connectivity index (χ0v) is 17.5. The van der Waals surface area contributed by atoms with Crippen LogP contribution in [0.1, 0.15) is 5.56 Å². The molecule has 2 heterocycles. The van der Waals surface area contributed by atoms with Crippen molar-refractivity contribution in [3.8, 4) is 23.0 Å². The van der Waals surface area contributed by atoms with Gasteiger partial charge in [-0.15, -0.1) is 0 Å². The third-order valence-electron chi connectivity index (χ3n) is 4.54. The maximum absolute atomic E-state index is 13.0. The van der Waals surface area contributed by atoms with Crippen LogP contribution in [0.25, 0.3) is 11.5 Å². The number of nitro benzene ring substituents is 1. The predicted molar refractivity (Wildman–Crippen MR) is 110 cm³/mol. The Morgan fingerprint density at radius 2 is 1.94 bits per heavy atom. The number of benzene rings is 2. The van der Waals surface area contributed by atoms with Crippen molar-refractivity contribution in [2.24, 2.45) is 0 Å². The molecule has 1 aliphatic rings. The van der Waals surface area contributed by atoms with Crippen molar-refractivity contribution in [2.45, 2.75) is 6.54 Å². The number of non-ortho nitro benzene ring substituents is 1. The molecule has 3 aromatic rings. The van der Waals surface area contributed by atoms with Crippen LogP contribution >= 0.6 is 7.60 Å². The topological polar surface area (TPSA) is 135 Å². The first-order valence-electron chi connectivity index (χ1n) is 9.03. The van der Waals surface area contributed by atoms with E-state index in [1.165, 1.54) is 32.4 Å². The van der Waals surface area contributed by atoms with Crippen molar-refractivity contribution in [1.82, 2.24) is 4.98 Å². The van der Waals surface area contributed by atoms with Crippen molar-refractivity contribution in [3.05, 3.63) is 58.1 Å². The molecule has 2 aromatic carbocycles. The Morgan fingerprint density at radius 3 is 2.68 bits per heavy atom. The summed E-state index contributed by atoms with van der Waals surface area (Å²) in [6.45, 7) is 0.441. The summed E-state index contributed by atoms with van der Waals surface area (Å²) >= 11 is 0. The van der Waals surface area contributed by atoms with Crippen LogP contribution in [0.2, 0.25) is 0 Å². The molecule has 0 aliphatic carbocycles. The van der Waals surface area contributed by atoms with Crippen LogP contribution in [0, 0.1) is 10.1 Å². The fourth-order valence-electron chi connectivity index (χ4n) is 2.97. The van der Waals surface area contributed by atoms with Crippen LogP contribution in [0.5, 0.6) is 11.5 Å². The Labute approximate surface area is 176 Å². The molecular weight excluding hydrogens is 429 g/mol. The molecule has 0 radical (unpaired) electrons. The summed E-state index contributed by atoms with van der Waals surface area (Å²) in [5.74, 6) is 1.36. The van der Waals surface area contributed by atoms with Gasteiger partial charge in [-0.2, -0.15) is 4.98 Å². The molecule has 0 atom stereocenters. The van der Waals surface area contributed by atoms with Crippen LogP contribution in [0.15, 0.2) is 46.9 Å². The monoisotopic (exact) mass is 447 g/mol. The number of aromatic nitrogens is 1. The molecule has 0 spiro atoms. The minimum atomic E-state index is -3.78. The molecule has 0 unspecified atom stereocenters. The summed E-state index contributed by atoms with van der Waals surface area (Å²) in [4.78, 5) is 14.8. The van der Waals surface area contributed by atoms with Crippen LogP contribution in [-0.4, -0.2) is 30.9 Å². The van der Waals surface area contributed by atoms with Crippen LogP contribution in [0.4, 0.5) is 11.6 Å². The molecule has 0 bridgehead atoms. The van der Waals surface area contributed by atoms with E-state index < -0.39 is 12.5 Å². The summed E-state index contributed by atoms with van der Waals surface area (Å²) in [6, 6.07) is 11.2. The Kier molecular flexibility index (Phi) is 5.64. The molecule has 31 heavy (non-hydrogen) atoms. The Morgan fingerprint density at radius 1 is 1.16 bits per heavy atom. The Bertz CT molecular complexity index is 1170. The molecule has 0 saturated carbocycles. The minimum absolute atomic E-state index is 0.0289. The molecular formula is C19H18N3O8P. The number of oxazole rings is 1. The number of rotatable bonds is 8. The second kappa shape index (κ2) is 8.38. The molecule has 1 aliphatic heterocycles. The molecule has 162 valence electrons. The van der Waals surface area contributed by atoms with Gasteiger partial charge in [-0.3, -0.25) is 14.7 Å². The van der Waals surface area contributed by atoms with Gasteiger partial charge in [-0.05, 0) is 23.8 Å². The number of hydrogen-bond donors (Lipinski definition) is 1. The summed E-state index contributed by atoms with van der Waals surface area (Å²) in [5, 5.41) is 14.1. The number of ether oxygens (including phenoxy) is 2. The van der Waals surface area contributed by atoms with Gasteiger partial charge in [-0.25, -0.2) is 0 Å². The van der Waals surface area contributed by atoms with E-state index in [-0.39, 0.29) is 36.2 Å². The van der Waals surface area contributed by atoms with Crippen molar-refractivity contribution < 1.29 is 32.4 Å². The van der Waals surface area contributed by atoms with Gasteiger partial charge in [0.2, 0.25) is 24.0 Å². The van der Waals surface area contributed by atoms with Gasteiger partial charge in [0.05, 0.1) is 4.92 Å². The van der Waals surface area contributed by atoms with Crippen LogP contribution in [0.3, 0.4) is 0 Å². The number of fused-ring (bicyclic) bond motifs is 1. The van der Waals surface area contributed by atoms with Crippen molar-refractivity contribution in [2.75, 3.05) is 26.3 Å². The summed E-state index contributed by atoms with van der Waals surface area (Å²) < 4.78 is 39.6. The highest BCUT2D eigenvalue weighted by Gasteiger charge is 2.34. The zero-order chi connectivity index (χ0) is 22.0. The smallest absolute Gasteiger partial charge is 0.384 e. The number of nitro groups is 1. The Hall–Kier alpha value is -3.40. The SMILES string of the molecule is COP(=O)(OC)c1nc(-c2cccc([N+](=O)[O-])c2)oc1NCc1ccc2c(c1)OCO2. The highest BCUT2D eigenvalue weighted by Crippen LogP contribution is 2.47. The quantitative estimate of drug-likeness (QED) is 0.309. The molecule has 11 nitrogen and oxygen atoms in total. The van der Waals surface area contributed by atoms with E-state index in [0.29, 0.717) is 17.1 Å². The third kappa shape index (κ3) is 4.11. The van der Waals surface area contributed by atoms with Gasteiger partial charge in [0, 0.05) is 38.5 Å². The average molecular weight is 447 g/mol. The molecule has 0 saturated heterocycles. The normalized spacial score (nSPS) is 12.7. The lowest BCUT2D eigenvalue weighted by atomic mass is 10.2. The fraction of sp³-hybridized carbons (Fsp3) is 0.211. The maximum atomic E-state index is 13.0. The van der Waals surface area contributed by atoms with Gasteiger partial charge in [0.15, 0.2) is 11.5 Å². The second-order valence-electron chi connectivity index (χ2n) is 6.38. The van der Waals surface area contributed by atoms with Crippen molar-refractivity contribution >= 4 is 24.6 Å². The standard InChI is InChI=1S/C19H18N3O8P/c1-26-31(25,27-2)19-18(20-10-12-6-7-15-16(8-12)29-11-28-15)30-17(21-19)13-4-3-5-14(9-13)22(23)24/h3-9,20H,10-11H2,1-2H3. The van der Waals surface area contributed by atoms with Gasteiger partial charge in [-0.1, -0.05) is 12.1 Å². The highest BCUT2D eigenvalue weighted by atomic mass is 31.2. The lowest BCUT2D eigenvalue weighted by Crippen LogP contribution is -2.14. The molecule has 1 aromatic heterocycles. The van der Waals surface area contributed by atoms with E-state index in [9.17, 15) is 14.7 Å². The first-order chi connectivity index (χ1) is 14.9. The summed E-state index contributed by atoms with van der Waals surface area (Å²) in [7, 11) is -1.32. The van der Waals surface area contributed by atoms with E-state index in [1.54, 1.807) is 18.2 Å². The summed E-state index contributed by atoms with van der Waals surface area (Å²) in [5.41, 5.74) is 0.979. The number of anilines is 1. The number of nitrogens with one attached hydrogen (secondary N) is 1. The largest absolute Gasteiger partial charge is 0.454 e. The zero-order valence-electron chi connectivity index (χ0n) is 16.6. The van der Waals surface area contributed by atoms with E-state index >= 15 is 0 Å². The fourth-order valence-corrected chi connectivity index (χ4v) is 4.05. The van der Waals surface area contributed by atoms with Crippen LogP contribution in [-0.2, 0) is 20.2 Å². The number of nitrogens with zero attached hydrogens (tertiary/aromatic N) is 2. The van der Waals surface area contributed by atoms with Gasteiger partial charge in [0.25, 0.3) is 5.69 Å². The maximum Gasteiger partial charge on any atom is 0.384 e. The van der Waals surface area contributed by atoms with Crippen molar-refractivity contribution in [1.29, 1.82) is 0 Å². The van der Waals surface area contributed by atoms with Gasteiger partial charge in [0.1, 0.15) is 0 Å². The van der Waals surface area contributed by atoms with Gasteiger partial charge < -0.3 is 28.3 Å². The predicted octanol–water partition coefficient (Wildman–Crippen LogP) is 3.70. The molecule has 1 N–H and O–H groups in total. The van der Waals surface area contributed by atoms with Gasteiger partial charge >= 0.3 is 7.60 Å².